The van der Waals surface area contributed by atoms with Crippen molar-refractivity contribution >= 4 is 22.8 Å². The van der Waals surface area contributed by atoms with Crippen LogP contribution in [0.3, 0.4) is 0 Å². The molecule has 4 rings (SSSR count). The van der Waals surface area contributed by atoms with Crippen molar-refractivity contribution in [2.45, 2.75) is 44.1 Å². The van der Waals surface area contributed by atoms with E-state index < -0.39 is 42.0 Å². The molecule has 1 aromatic carbocycles. The second-order valence-electron chi connectivity index (χ2n) is 7.18. The SMILES string of the molecule is CNc1cc2ccc(O[C@@H]3OC(C)(C)[C@H](OC)[C@H]4OC(=O)OC34)cc2oc1=O. The van der Waals surface area contributed by atoms with Gasteiger partial charge in [0.05, 0.1) is 5.60 Å². The first kappa shape index (κ1) is 18.6. The van der Waals surface area contributed by atoms with Crippen molar-refractivity contribution in [1.82, 2.24) is 0 Å². The van der Waals surface area contributed by atoms with E-state index in [-0.39, 0.29) is 0 Å². The van der Waals surface area contributed by atoms with Crippen LogP contribution in [0.1, 0.15) is 13.8 Å². The minimum atomic E-state index is -0.918. The smallest absolute Gasteiger partial charge is 0.461 e. The van der Waals surface area contributed by atoms with Crippen molar-refractivity contribution in [3.63, 3.8) is 0 Å². The minimum Gasteiger partial charge on any atom is -0.461 e. The lowest BCUT2D eigenvalue weighted by molar-refractivity contribution is -0.282. The highest BCUT2D eigenvalue weighted by atomic mass is 16.8. The van der Waals surface area contributed by atoms with Crippen molar-refractivity contribution in [1.29, 1.82) is 0 Å². The molecule has 1 unspecified atom stereocenters. The fourth-order valence-electron chi connectivity index (χ4n) is 3.64. The number of benzene rings is 1. The van der Waals surface area contributed by atoms with Crippen LogP contribution in [0.5, 0.6) is 5.75 Å². The molecule has 3 heterocycles. The fraction of sp³-hybridized carbons (Fsp3) is 0.474. The summed E-state index contributed by atoms with van der Waals surface area (Å²) in [6, 6.07) is 6.75. The van der Waals surface area contributed by atoms with E-state index in [0.717, 1.165) is 5.39 Å². The highest BCUT2D eigenvalue weighted by molar-refractivity contribution is 5.80. The molecule has 9 nitrogen and oxygen atoms in total. The van der Waals surface area contributed by atoms with Gasteiger partial charge in [-0.15, -0.1) is 0 Å². The molecule has 1 N–H and O–H groups in total. The van der Waals surface area contributed by atoms with E-state index in [0.29, 0.717) is 17.0 Å². The summed E-state index contributed by atoms with van der Waals surface area (Å²) < 4.78 is 33.2. The molecule has 0 amide bonds. The molecule has 2 aliphatic heterocycles. The fourth-order valence-corrected chi connectivity index (χ4v) is 3.64. The Morgan fingerprint density at radius 2 is 1.86 bits per heavy atom. The summed E-state index contributed by atoms with van der Waals surface area (Å²) in [4.78, 5) is 23.6. The number of anilines is 1. The lowest BCUT2D eigenvalue weighted by Crippen LogP contribution is -2.62. The van der Waals surface area contributed by atoms with Crippen molar-refractivity contribution < 1.29 is 32.9 Å². The number of hydrogen-bond acceptors (Lipinski definition) is 9. The van der Waals surface area contributed by atoms with Crippen LogP contribution in [0, 0.1) is 0 Å². The summed E-state index contributed by atoms with van der Waals surface area (Å²) in [5.74, 6) is 0.395. The Labute approximate surface area is 160 Å². The molecular formula is C19H21NO8. The molecular weight excluding hydrogens is 370 g/mol. The van der Waals surface area contributed by atoms with E-state index in [4.69, 9.17) is 28.1 Å². The number of carbonyl (C=O) groups is 1. The summed E-state index contributed by atoms with van der Waals surface area (Å²) in [5, 5.41) is 3.51. The first-order valence-electron chi connectivity index (χ1n) is 8.82. The van der Waals surface area contributed by atoms with Gasteiger partial charge >= 0.3 is 11.8 Å². The molecule has 9 heteroatoms. The molecule has 2 fully saturated rings. The van der Waals surface area contributed by atoms with E-state index in [9.17, 15) is 9.59 Å². The number of nitrogens with one attached hydrogen (secondary N) is 1. The zero-order valence-corrected chi connectivity index (χ0v) is 15.9. The second kappa shape index (κ2) is 6.68. The average molecular weight is 391 g/mol. The summed E-state index contributed by atoms with van der Waals surface area (Å²) in [5.41, 5.74) is -0.549. The van der Waals surface area contributed by atoms with Crippen LogP contribution in [0.15, 0.2) is 33.5 Å². The van der Waals surface area contributed by atoms with Crippen LogP contribution in [0.4, 0.5) is 10.5 Å². The minimum absolute atomic E-state index is 0.363. The van der Waals surface area contributed by atoms with Crippen LogP contribution < -0.4 is 15.7 Å². The molecule has 0 saturated carbocycles. The third kappa shape index (κ3) is 3.06. The number of methoxy groups -OCH3 is 1. The molecule has 0 spiro atoms. The summed E-state index contributed by atoms with van der Waals surface area (Å²) in [7, 11) is 3.16. The lowest BCUT2D eigenvalue weighted by atomic mass is 9.89. The van der Waals surface area contributed by atoms with Crippen molar-refractivity contribution in [2.24, 2.45) is 0 Å². The normalized spacial score (nSPS) is 28.4. The third-order valence-electron chi connectivity index (χ3n) is 4.94. The number of rotatable bonds is 4. The zero-order chi connectivity index (χ0) is 20.1. The average Bonchev–Trinajstić information content (AvgIpc) is 3.02. The number of fused-ring (bicyclic) bond motifs is 2. The van der Waals surface area contributed by atoms with Crippen molar-refractivity contribution in [3.05, 3.63) is 34.7 Å². The van der Waals surface area contributed by atoms with Gasteiger partial charge in [-0.3, -0.25) is 0 Å². The largest absolute Gasteiger partial charge is 0.509 e. The molecule has 1 aromatic heterocycles. The molecule has 2 saturated heterocycles. The van der Waals surface area contributed by atoms with Crippen LogP contribution >= 0.6 is 0 Å². The van der Waals surface area contributed by atoms with Gasteiger partial charge in [-0.25, -0.2) is 9.59 Å². The van der Waals surface area contributed by atoms with E-state index in [1.54, 1.807) is 31.3 Å². The molecule has 4 atom stereocenters. The third-order valence-corrected chi connectivity index (χ3v) is 4.94. The number of hydrogen-bond donors (Lipinski definition) is 1. The van der Waals surface area contributed by atoms with Gasteiger partial charge in [0.15, 0.2) is 6.10 Å². The van der Waals surface area contributed by atoms with Crippen LogP contribution in [-0.2, 0) is 18.9 Å². The molecule has 0 aliphatic carbocycles. The Bertz CT molecular complexity index is 968. The summed E-state index contributed by atoms with van der Waals surface area (Å²) in [6.07, 6.45) is -3.68. The summed E-state index contributed by atoms with van der Waals surface area (Å²) in [6.45, 7) is 3.64. The van der Waals surface area contributed by atoms with Crippen LogP contribution in [0.2, 0.25) is 0 Å². The van der Waals surface area contributed by atoms with E-state index >= 15 is 0 Å². The molecule has 0 radical (unpaired) electrons. The van der Waals surface area contributed by atoms with Crippen molar-refractivity contribution in [2.75, 3.05) is 19.5 Å². The van der Waals surface area contributed by atoms with Gasteiger partial charge in [-0.05, 0) is 32.0 Å². The molecule has 2 aliphatic rings. The van der Waals surface area contributed by atoms with Gasteiger partial charge in [0, 0.05) is 25.6 Å². The van der Waals surface area contributed by atoms with E-state index in [1.807, 2.05) is 13.8 Å². The van der Waals surface area contributed by atoms with Crippen LogP contribution in [0.25, 0.3) is 11.0 Å². The maximum atomic E-state index is 11.9. The maximum absolute atomic E-state index is 11.9. The first-order valence-corrected chi connectivity index (χ1v) is 8.82. The quantitative estimate of drug-likeness (QED) is 0.620. The highest BCUT2D eigenvalue weighted by Crippen LogP contribution is 2.38. The number of carbonyl (C=O) groups excluding carboxylic acids is 1. The highest BCUT2D eigenvalue weighted by Gasteiger charge is 2.58. The maximum Gasteiger partial charge on any atom is 0.509 e. The van der Waals surface area contributed by atoms with Gasteiger partial charge < -0.3 is 33.4 Å². The van der Waals surface area contributed by atoms with E-state index in [2.05, 4.69) is 5.32 Å². The molecule has 0 bridgehead atoms. The van der Waals surface area contributed by atoms with Gasteiger partial charge in [-0.1, -0.05) is 0 Å². The topological polar surface area (TPSA) is 105 Å². The lowest BCUT2D eigenvalue weighted by Gasteiger charge is -2.45. The molecule has 2 aromatic rings. The monoisotopic (exact) mass is 391 g/mol. The van der Waals surface area contributed by atoms with Gasteiger partial charge in [-0.2, -0.15) is 0 Å². The van der Waals surface area contributed by atoms with Crippen LogP contribution in [-0.4, -0.2) is 50.5 Å². The van der Waals surface area contributed by atoms with Crippen molar-refractivity contribution in [3.8, 4) is 5.75 Å². The predicted octanol–water partition coefficient (Wildman–Crippen LogP) is 2.27. The Morgan fingerprint density at radius 3 is 2.57 bits per heavy atom. The Balaban J connectivity index is 1.64. The van der Waals surface area contributed by atoms with Gasteiger partial charge in [0.1, 0.15) is 23.1 Å². The molecule has 150 valence electrons. The van der Waals surface area contributed by atoms with Gasteiger partial charge in [0.2, 0.25) is 12.4 Å². The van der Waals surface area contributed by atoms with Gasteiger partial charge in [0.25, 0.3) is 0 Å². The summed E-state index contributed by atoms with van der Waals surface area (Å²) >= 11 is 0. The second-order valence-corrected chi connectivity index (χ2v) is 7.18. The Morgan fingerprint density at radius 1 is 1.11 bits per heavy atom. The Hall–Kier alpha value is -2.78. The number of ether oxygens (including phenoxy) is 5. The predicted molar refractivity (Wildman–Crippen MR) is 97.5 cm³/mol. The Kier molecular flexibility index (Phi) is 4.43. The first-order chi connectivity index (χ1) is 13.3. The zero-order valence-electron chi connectivity index (χ0n) is 15.9. The van der Waals surface area contributed by atoms with E-state index in [1.165, 1.54) is 7.11 Å². The standard InChI is InChI=1S/C19H21NO8/c1-19(2)15(23-4)13-14(27-18(22)26-13)17(28-19)24-10-6-5-9-7-11(20-3)16(21)25-12(9)8-10/h5-8,13-15,17,20H,1-4H3/t13-,14?,15+,17+/m0/s1. The molecule has 28 heavy (non-hydrogen) atoms.